The molecule has 0 fully saturated rings. The maximum absolute atomic E-state index is 2.56. The highest BCUT2D eigenvalue weighted by Crippen LogP contribution is 2.50. The predicted octanol–water partition coefficient (Wildman–Crippen LogP) is 18.0. The molecule has 0 saturated heterocycles. The Hall–Kier alpha value is -8.92. The summed E-state index contributed by atoms with van der Waals surface area (Å²) in [6.07, 6.45) is 9.02. The molecule has 14 rings (SSSR count). The van der Waals surface area contributed by atoms with Crippen LogP contribution in [-0.4, -0.2) is 6.71 Å². The van der Waals surface area contributed by atoms with Crippen molar-refractivity contribution in [2.24, 2.45) is 0 Å². The largest absolute Gasteiger partial charge is 0.311 e. The summed E-state index contributed by atoms with van der Waals surface area (Å²) in [5.74, 6) is 0. The lowest BCUT2D eigenvalue weighted by atomic mass is 9.33. The number of rotatable bonds is 9. The summed E-state index contributed by atoms with van der Waals surface area (Å²) in [6.45, 7) is 9.58. The number of benzene rings is 11. The molecule has 0 saturated carbocycles. The minimum absolute atomic E-state index is 0.0281. The van der Waals surface area contributed by atoms with Crippen molar-refractivity contribution in [3.05, 3.63) is 283 Å². The minimum Gasteiger partial charge on any atom is -0.311 e. The van der Waals surface area contributed by atoms with Gasteiger partial charge < -0.3 is 9.80 Å². The van der Waals surface area contributed by atoms with Crippen LogP contribution < -0.4 is 26.2 Å². The lowest BCUT2D eigenvalue weighted by molar-refractivity contribution is 0.591. The number of allylic oxidation sites excluding steroid dienone is 4. The highest BCUT2D eigenvalue weighted by molar-refractivity contribution is 7.00. The second-order valence-corrected chi connectivity index (χ2v) is 22.3. The highest BCUT2D eigenvalue weighted by atomic mass is 15.2. The van der Waals surface area contributed by atoms with Gasteiger partial charge in [0.05, 0.1) is 0 Å². The molecule has 0 spiro atoms. The van der Waals surface area contributed by atoms with E-state index < -0.39 is 0 Å². The van der Waals surface area contributed by atoms with Crippen LogP contribution in [0.4, 0.5) is 34.1 Å². The number of hydrogen-bond acceptors (Lipinski definition) is 2. The number of hydrogen-bond donors (Lipinski definition) is 0. The van der Waals surface area contributed by atoms with Gasteiger partial charge in [0.2, 0.25) is 0 Å². The molecular weight excluding hydrogens is 928 g/mol. The van der Waals surface area contributed by atoms with Crippen molar-refractivity contribution in [3.8, 4) is 33.4 Å². The highest BCUT2D eigenvalue weighted by Gasteiger charge is 2.44. The van der Waals surface area contributed by atoms with Gasteiger partial charge in [-0.3, -0.25) is 0 Å². The molecule has 368 valence electrons. The summed E-state index contributed by atoms with van der Waals surface area (Å²) in [4.78, 5) is 5.10. The zero-order chi connectivity index (χ0) is 51.8. The fraction of sp³-hybridized carbons (Fsp3) is 0.108. The molecule has 0 radical (unpaired) electrons. The van der Waals surface area contributed by atoms with Crippen LogP contribution >= 0.6 is 0 Å². The summed E-state index contributed by atoms with van der Waals surface area (Å²) < 4.78 is 0. The minimum atomic E-state index is -0.256. The zero-order valence-corrected chi connectivity index (χ0v) is 44.2. The van der Waals surface area contributed by atoms with Crippen LogP contribution in [0.25, 0.3) is 54.9 Å². The summed E-state index contributed by atoms with van der Waals surface area (Å²) in [7, 11) is 0. The van der Waals surface area contributed by atoms with E-state index in [9.17, 15) is 0 Å². The fourth-order valence-electron chi connectivity index (χ4n) is 13.2. The van der Waals surface area contributed by atoms with Crippen LogP contribution in [-0.2, 0) is 10.8 Å². The first-order valence-electron chi connectivity index (χ1n) is 27.4. The summed E-state index contributed by atoms with van der Waals surface area (Å²) in [5, 5.41) is 5.02. The van der Waals surface area contributed by atoms with E-state index in [-0.39, 0.29) is 17.5 Å². The van der Waals surface area contributed by atoms with E-state index in [4.69, 9.17) is 0 Å². The van der Waals surface area contributed by atoms with E-state index >= 15 is 0 Å². The predicted molar refractivity (Wildman–Crippen MR) is 330 cm³/mol. The molecule has 2 heterocycles. The van der Waals surface area contributed by atoms with Crippen LogP contribution in [0.15, 0.2) is 266 Å². The lowest BCUT2D eigenvalue weighted by Crippen LogP contribution is -2.61. The lowest BCUT2D eigenvalue weighted by Gasteiger charge is -2.45. The van der Waals surface area contributed by atoms with E-state index in [0.29, 0.717) is 0 Å². The summed E-state index contributed by atoms with van der Waals surface area (Å²) in [6, 6.07) is 91.2. The Kier molecular flexibility index (Phi) is 11.2. The van der Waals surface area contributed by atoms with Crippen molar-refractivity contribution in [2.45, 2.75) is 51.4 Å². The van der Waals surface area contributed by atoms with Crippen molar-refractivity contribution in [1.82, 2.24) is 0 Å². The maximum atomic E-state index is 2.56. The molecular formula is C74H59BN2. The van der Waals surface area contributed by atoms with Crippen molar-refractivity contribution >= 4 is 78.8 Å². The number of fused-ring (bicyclic) bond motifs is 6. The van der Waals surface area contributed by atoms with Gasteiger partial charge in [-0.1, -0.05) is 240 Å². The summed E-state index contributed by atoms with van der Waals surface area (Å²) in [5.41, 5.74) is 23.2. The molecule has 0 N–H and O–H groups in total. The number of para-hydroxylation sites is 3. The summed E-state index contributed by atoms with van der Waals surface area (Å²) >= 11 is 0. The van der Waals surface area contributed by atoms with E-state index in [1.165, 1.54) is 116 Å². The molecule has 2 aliphatic heterocycles. The van der Waals surface area contributed by atoms with Gasteiger partial charge in [0.1, 0.15) is 0 Å². The van der Waals surface area contributed by atoms with Gasteiger partial charge in [-0.15, -0.1) is 0 Å². The molecule has 3 heteroatoms. The third-order valence-electron chi connectivity index (χ3n) is 17.3. The standard InChI is InChI=1S/C74H59BN2/c1-73(2,54-28-12-6-13-29-54)56-42-43-67-65(49-56)75-64-40-24-25-41-66(64)76(58-32-16-8-17-33-58)68-47-52(48-69(72(68)75)77(67)59-34-18-9-19-35-59)51-44-53(46-57(45-51)74(3,4)55-30-14-7-15-31-55)71-62-38-22-20-36-60(62)70(50-26-10-5-11-27-50)61-37-21-23-39-63(61)71/h5-14,16-30,32-49H,15,31H2,1-4H3. The SMILES string of the molecule is CC(C)(C1=CC=CCC1)c1cc(-c2cc3c4c(c2)N(c2ccccc2)c2ccc(C(C)(C)c5ccccc5)cc2B4c2ccccc2N3c2ccccc2)cc(-c2c3ccccc3c(-c3ccccc3)c3ccccc23)c1. The second kappa shape index (κ2) is 18.4. The van der Waals surface area contributed by atoms with Gasteiger partial charge in [-0.05, 0) is 155 Å². The molecule has 2 nitrogen and oxygen atoms in total. The molecule has 11 aromatic rings. The van der Waals surface area contributed by atoms with Gasteiger partial charge in [-0.2, -0.15) is 0 Å². The molecule has 0 atom stereocenters. The average molecular weight is 987 g/mol. The molecule has 0 bridgehead atoms. The molecule has 0 unspecified atom stereocenters. The first-order valence-corrected chi connectivity index (χ1v) is 27.4. The van der Waals surface area contributed by atoms with Crippen LogP contribution in [0.2, 0.25) is 0 Å². The quantitative estimate of drug-likeness (QED) is 0.105. The van der Waals surface area contributed by atoms with E-state index in [2.05, 4.69) is 298 Å². The van der Waals surface area contributed by atoms with Gasteiger partial charge in [0, 0.05) is 45.0 Å². The van der Waals surface area contributed by atoms with Crippen molar-refractivity contribution in [3.63, 3.8) is 0 Å². The van der Waals surface area contributed by atoms with Crippen LogP contribution in [0.1, 0.15) is 57.2 Å². The Balaban J connectivity index is 1.08. The zero-order valence-electron chi connectivity index (χ0n) is 44.2. The Morgan fingerprint density at radius 2 is 0.857 bits per heavy atom. The third kappa shape index (κ3) is 7.62. The van der Waals surface area contributed by atoms with Crippen molar-refractivity contribution < 1.29 is 0 Å². The third-order valence-corrected chi connectivity index (χ3v) is 17.3. The van der Waals surface area contributed by atoms with Crippen LogP contribution in [0, 0.1) is 0 Å². The number of nitrogens with zero attached hydrogens (tertiary/aromatic N) is 2. The first-order chi connectivity index (χ1) is 37.7. The molecule has 1 aliphatic carbocycles. The maximum Gasteiger partial charge on any atom is 0.252 e. The van der Waals surface area contributed by atoms with E-state index in [1.807, 2.05) is 0 Å². The van der Waals surface area contributed by atoms with Gasteiger partial charge >= 0.3 is 0 Å². The Bertz CT molecular complexity index is 4080. The Labute approximate surface area is 454 Å². The molecule has 0 amide bonds. The smallest absolute Gasteiger partial charge is 0.252 e. The Morgan fingerprint density at radius 1 is 0.364 bits per heavy atom. The van der Waals surface area contributed by atoms with Gasteiger partial charge in [-0.25, -0.2) is 0 Å². The van der Waals surface area contributed by atoms with E-state index in [0.717, 1.165) is 24.2 Å². The molecule has 0 aromatic heterocycles. The fourth-order valence-corrected chi connectivity index (χ4v) is 13.2. The second-order valence-electron chi connectivity index (χ2n) is 22.3. The topological polar surface area (TPSA) is 6.48 Å². The van der Waals surface area contributed by atoms with Crippen molar-refractivity contribution in [1.29, 1.82) is 0 Å². The Morgan fingerprint density at radius 3 is 1.44 bits per heavy atom. The number of anilines is 6. The first kappa shape index (κ1) is 46.6. The molecule has 77 heavy (non-hydrogen) atoms. The van der Waals surface area contributed by atoms with Gasteiger partial charge in [0.15, 0.2) is 0 Å². The molecule has 11 aromatic carbocycles. The van der Waals surface area contributed by atoms with E-state index in [1.54, 1.807) is 0 Å². The monoisotopic (exact) mass is 986 g/mol. The van der Waals surface area contributed by atoms with Crippen LogP contribution in [0.5, 0.6) is 0 Å². The van der Waals surface area contributed by atoms with Crippen LogP contribution in [0.3, 0.4) is 0 Å². The normalized spacial score (nSPS) is 13.8. The van der Waals surface area contributed by atoms with Gasteiger partial charge in [0.25, 0.3) is 6.71 Å². The van der Waals surface area contributed by atoms with Crippen molar-refractivity contribution in [2.75, 3.05) is 9.80 Å². The molecule has 3 aliphatic rings. The average Bonchev–Trinajstić information content (AvgIpc) is 3.67.